The highest BCUT2D eigenvalue weighted by atomic mass is 16.5. The van der Waals surface area contributed by atoms with Gasteiger partial charge >= 0.3 is 0 Å². The predicted molar refractivity (Wildman–Crippen MR) is 104 cm³/mol. The second-order valence-corrected chi connectivity index (χ2v) is 6.95. The van der Waals surface area contributed by atoms with Crippen LogP contribution in [0.25, 0.3) is 16.9 Å². The predicted octanol–water partition coefficient (Wildman–Crippen LogP) is 2.10. The monoisotopic (exact) mass is 354 g/mol. The highest BCUT2D eigenvalue weighted by Gasteiger charge is 2.21. The molecule has 2 aliphatic rings. The minimum absolute atomic E-state index is 0.765. The Morgan fingerprint density at radius 1 is 1.31 bits per heavy atom. The fourth-order valence-electron chi connectivity index (χ4n) is 3.61. The number of ether oxygens (including phenoxy) is 1. The van der Waals surface area contributed by atoms with Crippen LogP contribution < -0.4 is 10.6 Å². The number of hydrogen-bond acceptors (Lipinski definition) is 6. The number of rotatable bonds is 5. The lowest BCUT2D eigenvalue weighted by molar-refractivity contribution is 0.0375. The lowest BCUT2D eigenvalue weighted by Crippen LogP contribution is -2.37. The van der Waals surface area contributed by atoms with E-state index in [0.29, 0.717) is 0 Å². The first kappa shape index (κ1) is 17.1. The number of fused-ring (bicyclic) bond motifs is 3. The molecule has 0 aliphatic carbocycles. The summed E-state index contributed by atoms with van der Waals surface area (Å²) < 4.78 is 7.31. The first-order chi connectivity index (χ1) is 12.6. The number of nitrogens with one attached hydrogen (secondary N) is 2. The fraction of sp³-hybridized carbons (Fsp3) is 0.474. The van der Waals surface area contributed by atoms with Crippen LogP contribution in [0.3, 0.4) is 0 Å². The molecule has 0 atom stereocenters. The van der Waals surface area contributed by atoms with Crippen molar-refractivity contribution in [3.8, 4) is 0 Å². The third-order valence-electron chi connectivity index (χ3n) is 4.85. The highest BCUT2D eigenvalue weighted by Crippen LogP contribution is 2.31. The van der Waals surface area contributed by atoms with Crippen LogP contribution in [-0.4, -0.2) is 59.1 Å². The van der Waals surface area contributed by atoms with Crippen molar-refractivity contribution in [3.63, 3.8) is 0 Å². The lowest BCUT2D eigenvalue weighted by atomic mass is 10.1. The van der Waals surface area contributed by atoms with Crippen LogP contribution in [0.1, 0.15) is 17.7 Å². The summed E-state index contributed by atoms with van der Waals surface area (Å²) in [6, 6.07) is 2.09. The van der Waals surface area contributed by atoms with E-state index in [2.05, 4.69) is 40.1 Å². The van der Waals surface area contributed by atoms with Crippen molar-refractivity contribution in [2.24, 2.45) is 0 Å². The average Bonchev–Trinajstić information content (AvgIpc) is 2.97. The molecule has 7 nitrogen and oxygen atoms in total. The molecule has 4 rings (SSSR count). The normalized spacial score (nSPS) is 17.8. The maximum absolute atomic E-state index is 5.40. The summed E-state index contributed by atoms with van der Waals surface area (Å²) in [5.74, 6) is 1.88. The van der Waals surface area contributed by atoms with Gasteiger partial charge in [-0.25, -0.2) is 4.98 Å². The molecule has 1 saturated heterocycles. The summed E-state index contributed by atoms with van der Waals surface area (Å²) in [6.45, 7) is 13.9. The summed E-state index contributed by atoms with van der Waals surface area (Å²) in [7, 11) is 0. The highest BCUT2D eigenvalue weighted by molar-refractivity contribution is 5.94. The van der Waals surface area contributed by atoms with Gasteiger partial charge in [0.25, 0.3) is 0 Å². The molecular weight excluding hydrogens is 328 g/mol. The molecule has 0 unspecified atom stereocenters. The van der Waals surface area contributed by atoms with Crippen molar-refractivity contribution < 1.29 is 4.74 Å². The first-order valence-electron chi connectivity index (χ1n) is 9.21. The van der Waals surface area contributed by atoms with Gasteiger partial charge in [0.15, 0.2) is 5.65 Å². The SMILES string of the molecule is C=C1C=C(NCCCN2CCOCC2)n2nc3nc(C)cc(C)c3c2N1. The van der Waals surface area contributed by atoms with Crippen molar-refractivity contribution in [2.75, 3.05) is 44.7 Å². The van der Waals surface area contributed by atoms with Crippen molar-refractivity contribution >= 4 is 22.7 Å². The molecule has 4 heterocycles. The summed E-state index contributed by atoms with van der Waals surface area (Å²) in [5.41, 5.74) is 3.77. The van der Waals surface area contributed by atoms with E-state index in [1.54, 1.807) is 0 Å². The van der Waals surface area contributed by atoms with Gasteiger partial charge in [0, 0.05) is 37.1 Å². The summed E-state index contributed by atoms with van der Waals surface area (Å²) >= 11 is 0. The number of allylic oxidation sites excluding steroid dienone is 1. The standard InChI is InChI=1S/C19H26N6O/c1-13-11-14(2)21-18-17(13)19-22-15(3)12-16(25(19)23-18)20-5-4-6-24-7-9-26-10-8-24/h11-12,20,22H,3-10H2,1-2H3. The third-order valence-corrected chi connectivity index (χ3v) is 4.85. The maximum atomic E-state index is 5.40. The zero-order chi connectivity index (χ0) is 18.1. The summed E-state index contributed by atoms with van der Waals surface area (Å²) in [6.07, 6.45) is 3.07. The largest absolute Gasteiger partial charge is 0.379 e. The number of aryl methyl sites for hydroxylation is 2. The molecule has 0 spiro atoms. The van der Waals surface area contributed by atoms with E-state index in [1.807, 2.05) is 17.7 Å². The summed E-state index contributed by atoms with van der Waals surface area (Å²) in [5, 5.41) is 12.6. The zero-order valence-corrected chi connectivity index (χ0v) is 15.5. The van der Waals surface area contributed by atoms with Crippen LogP contribution in [0.2, 0.25) is 0 Å². The van der Waals surface area contributed by atoms with E-state index in [0.717, 1.165) is 79.9 Å². The molecule has 0 amide bonds. The lowest BCUT2D eigenvalue weighted by Gasteiger charge is -2.26. The maximum Gasteiger partial charge on any atom is 0.184 e. The number of hydrogen-bond donors (Lipinski definition) is 2. The van der Waals surface area contributed by atoms with Crippen LogP contribution in [0.4, 0.5) is 5.82 Å². The second-order valence-electron chi connectivity index (χ2n) is 6.95. The van der Waals surface area contributed by atoms with Gasteiger partial charge in [0.2, 0.25) is 0 Å². The van der Waals surface area contributed by atoms with E-state index in [4.69, 9.17) is 9.84 Å². The van der Waals surface area contributed by atoms with Gasteiger partial charge in [-0.2, -0.15) is 4.68 Å². The van der Waals surface area contributed by atoms with Crippen LogP contribution >= 0.6 is 0 Å². The molecular formula is C19H26N6O. The van der Waals surface area contributed by atoms with Crippen molar-refractivity contribution in [1.29, 1.82) is 0 Å². The molecule has 138 valence electrons. The molecule has 7 heteroatoms. The third kappa shape index (κ3) is 3.32. The van der Waals surface area contributed by atoms with Crippen molar-refractivity contribution in [1.82, 2.24) is 25.0 Å². The van der Waals surface area contributed by atoms with Gasteiger partial charge < -0.3 is 15.4 Å². The Labute approximate surface area is 153 Å². The van der Waals surface area contributed by atoms with Crippen molar-refractivity contribution in [3.05, 3.63) is 35.7 Å². The van der Waals surface area contributed by atoms with Crippen LogP contribution in [-0.2, 0) is 4.74 Å². The van der Waals surface area contributed by atoms with Gasteiger partial charge in [0.1, 0.15) is 11.6 Å². The molecule has 0 radical (unpaired) electrons. The molecule has 0 aromatic carbocycles. The van der Waals surface area contributed by atoms with E-state index in [-0.39, 0.29) is 0 Å². The van der Waals surface area contributed by atoms with Gasteiger partial charge in [0.05, 0.1) is 18.6 Å². The first-order valence-corrected chi connectivity index (χ1v) is 9.21. The molecule has 2 aromatic rings. The van der Waals surface area contributed by atoms with E-state index in [9.17, 15) is 0 Å². The average molecular weight is 354 g/mol. The quantitative estimate of drug-likeness (QED) is 0.802. The Kier molecular flexibility index (Phi) is 4.65. The van der Waals surface area contributed by atoms with Crippen LogP contribution in [0.15, 0.2) is 24.4 Å². The number of anilines is 1. The topological polar surface area (TPSA) is 67.2 Å². The Hall–Kier alpha value is -2.38. The van der Waals surface area contributed by atoms with E-state index >= 15 is 0 Å². The molecule has 0 saturated carbocycles. The number of aromatic nitrogens is 3. The Morgan fingerprint density at radius 3 is 2.92 bits per heavy atom. The minimum Gasteiger partial charge on any atom is -0.379 e. The molecule has 0 bridgehead atoms. The fourth-order valence-corrected chi connectivity index (χ4v) is 3.61. The van der Waals surface area contributed by atoms with Crippen LogP contribution in [0, 0.1) is 13.8 Å². The number of morpholine rings is 1. The number of nitrogens with zero attached hydrogens (tertiary/aromatic N) is 4. The Morgan fingerprint density at radius 2 is 2.12 bits per heavy atom. The molecule has 2 N–H and O–H groups in total. The minimum atomic E-state index is 0.765. The molecule has 2 aromatic heterocycles. The van der Waals surface area contributed by atoms with Gasteiger partial charge in [-0.15, -0.1) is 5.10 Å². The number of pyridine rings is 1. The Bertz CT molecular complexity index is 863. The van der Waals surface area contributed by atoms with Crippen molar-refractivity contribution in [2.45, 2.75) is 20.3 Å². The second kappa shape index (κ2) is 7.09. The van der Waals surface area contributed by atoms with Gasteiger partial charge in [-0.05, 0) is 38.4 Å². The smallest absolute Gasteiger partial charge is 0.184 e. The van der Waals surface area contributed by atoms with Crippen LogP contribution in [0.5, 0.6) is 0 Å². The van der Waals surface area contributed by atoms with Gasteiger partial charge in [-0.3, -0.25) is 4.90 Å². The zero-order valence-electron chi connectivity index (χ0n) is 15.5. The van der Waals surface area contributed by atoms with Gasteiger partial charge in [-0.1, -0.05) is 6.58 Å². The molecule has 1 fully saturated rings. The van der Waals surface area contributed by atoms with E-state index in [1.165, 1.54) is 5.56 Å². The molecule has 2 aliphatic heterocycles. The van der Waals surface area contributed by atoms with E-state index < -0.39 is 0 Å². The summed E-state index contributed by atoms with van der Waals surface area (Å²) in [4.78, 5) is 7.03. The Balaban J connectivity index is 1.49. The molecule has 26 heavy (non-hydrogen) atoms.